The summed E-state index contributed by atoms with van der Waals surface area (Å²) in [5, 5.41) is 9.33. The van der Waals surface area contributed by atoms with Crippen molar-refractivity contribution in [1.29, 1.82) is 0 Å². The summed E-state index contributed by atoms with van der Waals surface area (Å²) in [6, 6.07) is 7.26. The lowest BCUT2D eigenvalue weighted by atomic mass is 10.1. The summed E-state index contributed by atoms with van der Waals surface area (Å²) in [5.41, 5.74) is 1.11. The lowest BCUT2D eigenvalue weighted by Crippen LogP contribution is -2.28. The molecule has 0 heterocycles. The van der Waals surface area contributed by atoms with Gasteiger partial charge in [0.1, 0.15) is 5.75 Å². The van der Waals surface area contributed by atoms with Crippen LogP contribution in [0.1, 0.15) is 18.9 Å². The highest BCUT2D eigenvalue weighted by Gasteiger charge is 2.06. The summed E-state index contributed by atoms with van der Waals surface area (Å²) in [7, 11) is 1.90. The predicted molar refractivity (Wildman–Crippen MR) is 70.6 cm³/mol. The molecule has 0 fully saturated rings. The van der Waals surface area contributed by atoms with E-state index in [0.29, 0.717) is 18.9 Å². The van der Waals surface area contributed by atoms with Crippen LogP contribution in [0.3, 0.4) is 0 Å². The largest absolute Gasteiger partial charge is 0.508 e. The number of ether oxygens (including phenoxy) is 1. The number of esters is 1. The maximum Gasteiger partial charge on any atom is 0.320 e. The number of carbonyl (C=O) groups excluding carboxylic acids is 1. The molecule has 4 nitrogen and oxygen atoms in total. The Morgan fingerprint density at radius 3 is 2.89 bits per heavy atom. The van der Waals surface area contributed by atoms with Crippen molar-refractivity contribution in [2.75, 3.05) is 26.7 Å². The smallest absolute Gasteiger partial charge is 0.320 e. The first-order chi connectivity index (χ1) is 8.61. The zero-order chi connectivity index (χ0) is 13.4. The molecule has 0 amide bonds. The normalized spacial score (nSPS) is 10.6. The van der Waals surface area contributed by atoms with E-state index in [2.05, 4.69) is 0 Å². The topological polar surface area (TPSA) is 49.8 Å². The number of hydrogen-bond donors (Lipinski definition) is 1. The molecular weight excluding hydrogens is 230 g/mol. The number of aryl methyl sites for hydroxylation is 1. The van der Waals surface area contributed by atoms with Gasteiger partial charge in [0.2, 0.25) is 0 Å². The summed E-state index contributed by atoms with van der Waals surface area (Å²) in [6.07, 6.45) is 1.83. The molecule has 100 valence electrons. The molecule has 1 aromatic rings. The van der Waals surface area contributed by atoms with Crippen LogP contribution >= 0.6 is 0 Å². The first-order valence-electron chi connectivity index (χ1n) is 6.24. The van der Waals surface area contributed by atoms with Gasteiger partial charge in [0.05, 0.1) is 13.2 Å². The summed E-state index contributed by atoms with van der Waals surface area (Å²) in [5.74, 6) is 0.115. The van der Waals surface area contributed by atoms with Crippen LogP contribution in [-0.4, -0.2) is 42.7 Å². The molecule has 0 saturated carbocycles. The van der Waals surface area contributed by atoms with Crippen LogP contribution in [0.2, 0.25) is 0 Å². The second-order valence-corrected chi connectivity index (χ2v) is 4.32. The van der Waals surface area contributed by atoms with E-state index in [0.717, 1.165) is 24.9 Å². The van der Waals surface area contributed by atoms with Crippen molar-refractivity contribution in [2.24, 2.45) is 0 Å². The third kappa shape index (κ3) is 5.68. The van der Waals surface area contributed by atoms with Crippen molar-refractivity contribution < 1.29 is 14.6 Å². The number of nitrogens with zero attached hydrogens (tertiary/aromatic N) is 1. The number of carbonyl (C=O) groups is 1. The van der Waals surface area contributed by atoms with E-state index >= 15 is 0 Å². The van der Waals surface area contributed by atoms with Crippen LogP contribution in [0.25, 0.3) is 0 Å². The van der Waals surface area contributed by atoms with Crippen LogP contribution in [0, 0.1) is 0 Å². The number of phenols is 1. The van der Waals surface area contributed by atoms with Crippen LogP contribution in [0.4, 0.5) is 0 Å². The monoisotopic (exact) mass is 251 g/mol. The molecule has 0 aromatic heterocycles. The summed E-state index contributed by atoms with van der Waals surface area (Å²) >= 11 is 0. The summed E-state index contributed by atoms with van der Waals surface area (Å²) in [4.78, 5) is 13.2. The Balaban J connectivity index is 2.23. The molecule has 0 atom stereocenters. The Morgan fingerprint density at radius 2 is 2.22 bits per heavy atom. The molecule has 18 heavy (non-hydrogen) atoms. The Morgan fingerprint density at radius 1 is 1.44 bits per heavy atom. The number of benzene rings is 1. The molecule has 4 heteroatoms. The molecule has 1 rings (SSSR count). The van der Waals surface area contributed by atoms with Crippen molar-refractivity contribution >= 4 is 5.97 Å². The predicted octanol–water partition coefficient (Wildman–Crippen LogP) is 1.82. The zero-order valence-electron chi connectivity index (χ0n) is 11.1. The van der Waals surface area contributed by atoms with E-state index in [4.69, 9.17) is 4.74 Å². The molecule has 0 radical (unpaired) electrons. The van der Waals surface area contributed by atoms with E-state index in [1.807, 2.05) is 24.1 Å². The minimum Gasteiger partial charge on any atom is -0.508 e. The molecule has 1 N–H and O–H groups in total. The average molecular weight is 251 g/mol. The number of aromatic hydroxyl groups is 1. The second-order valence-electron chi connectivity index (χ2n) is 4.32. The van der Waals surface area contributed by atoms with E-state index in [-0.39, 0.29) is 5.97 Å². The van der Waals surface area contributed by atoms with Gasteiger partial charge in [-0.3, -0.25) is 9.69 Å². The third-order valence-electron chi connectivity index (χ3n) is 2.62. The van der Waals surface area contributed by atoms with E-state index in [9.17, 15) is 9.90 Å². The van der Waals surface area contributed by atoms with Crippen LogP contribution < -0.4 is 0 Å². The summed E-state index contributed by atoms with van der Waals surface area (Å²) in [6.45, 7) is 3.39. The lowest BCUT2D eigenvalue weighted by molar-refractivity contribution is -0.144. The summed E-state index contributed by atoms with van der Waals surface area (Å²) < 4.78 is 4.88. The lowest BCUT2D eigenvalue weighted by Gasteiger charge is -2.15. The van der Waals surface area contributed by atoms with Crippen molar-refractivity contribution in [2.45, 2.75) is 19.8 Å². The molecule has 0 bridgehead atoms. The van der Waals surface area contributed by atoms with Crippen LogP contribution in [0.5, 0.6) is 5.75 Å². The Kier molecular flexibility index (Phi) is 6.22. The van der Waals surface area contributed by atoms with Gasteiger partial charge < -0.3 is 9.84 Å². The minimum atomic E-state index is -0.183. The quantitative estimate of drug-likeness (QED) is 0.751. The Labute approximate surface area is 108 Å². The number of phenolic OH excluding ortho intramolecular Hbond substituents is 1. The standard InChI is InChI=1S/C14H21NO3/c1-3-18-14(17)11-15(2)9-5-7-12-6-4-8-13(16)10-12/h4,6,8,10,16H,3,5,7,9,11H2,1-2H3. The van der Waals surface area contributed by atoms with Gasteiger partial charge in [0, 0.05) is 0 Å². The fourth-order valence-electron chi connectivity index (χ4n) is 1.77. The van der Waals surface area contributed by atoms with Crippen LogP contribution in [-0.2, 0) is 16.0 Å². The van der Waals surface area contributed by atoms with E-state index in [1.165, 1.54) is 0 Å². The first kappa shape index (κ1) is 14.5. The molecule has 0 aliphatic heterocycles. The molecule has 0 aliphatic rings. The number of likely N-dealkylation sites (N-methyl/N-ethyl adjacent to an activating group) is 1. The molecular formula is C14H21NO3. The molecule has 0 unspecified atom stereocenters. The zero-order valence-corrected chi connectivity index (χ0v) is 11.1. The Bertz CT molecular complexity index is 379. The average Bonchev–Trinajstić information content (AvgIpc) is 2.29. The SMILES string of the molecule is CCOC(=O)CN(C)CCCc1cccc(O)c1. The van der Waals surface area contributed by atoms with Crippen LogP contribution in [0.15, 0.2) is 24.3 Å². The van der Waals surface area contributed by atoms with Crippen molar-refractivity contribution in [3.05, 3.63) is 29.8 Å². The fourth-order valence-corrected chi connectivity index (χ4v) is 1.77. The van der Waals surface area contributed by atoms with Gasteiger partial charge in [-0.25, -0.2) is 0 Å². The second kappa shape index (κ2) is 7.71. The van der Waals surface area contributed by atoms with Gasteiger partial charge in [0.15, 0.2) is 0 Å². The van der Waals surface area contributed by atoms with Gasteiger partial charge in [-0.2, -0.15) is 0 Å². The van der Waals surface area contributed by atoms with E-state index in [1.54, 1.807) is 19.1 Å². The Hall–Kier alpha value is -1.55. The number of rotatable bonds is 7. The maximum absolute atomic E-state index is 11.2. The molecule has 0 aliphatic carbocycles. The molecule has 0 spiro atoms. The first-order valence-corrected chi connectivity index (χ1v) is 6.24. The van der Waals surface area contributed by atoms with Gasteiger partial charge in [-0.15, -0.1) is 0 Å². The minimum absolute atomic E-state index is 0.183. The van der Waals surface area contributed by atoms with Gasteiger partial charge in [0.25, 0.3) is 0 Å². The fraction of sp³-hybridized carbons (Fsp3) is 0.500. The van der Waals surface area contributed by atoms with Gasteiger partial charge in [-0.05, 0) is 51.1 Å². The van der Waals surface area contributed by atoms with Gasteiger partial charge in [-0.1, -0.05) is 12.1 Å². The highest BCUT2D eigenvalue weighted by atomic mass is 16.5. The highest BCUT2D eigenvalue weighted by molar-refractivity contribution is 5.71. The maximum atomic E-state index is 11.2. The van der Waals surface area contributed by atoms with E-state index < -0.39 is 0 Å². The third-order valence-corrected chi connectivity index (χ3v) is 2.62. The number of hydrogen-bond acceptors (Lipinski definition) is 4. The van der Waals surface area contributed by atoms with Crippen molar-refractivity contribution in [3.8, 4) is 5.75 Å². The highest BCUT2D eigenvalue weighted by Crippen LogP contribution is 2.12. The molecule has 1 aromatic carbocycles. The van der Waals surface area contributed by atoms with Gasteiger partial charge >= 0.3 is 5.97 Å². The van der Waals surface area contributed by atoms with Crippen molar-refractivity contribution in [3.63, 3.8) is 0 Å². The van der Waals surface area contributed by atoms with Crippen molar-refractivity contribution in [1.82, 2.24) is 4.90 Å². The molecule has 0 saturated heterocycles.